The van der Waals surface area contributed by atoms with Crippen LogP contribution in [0.5, 0.6) is 0 Å². The highest BCUT2D eigenvalue weighted by molar-refractivity contribution is 6.03. The lowest BCUT2D eigenvalue weighted by Crippen LogP contribution is -2.60. The van der Waals surface area contributed by atoms with Gasteiger partial charge in [-0.2, -0.15) is 13.2 Å². The maximum absolute atomic E-state index is 12.4. The first-order valence-corrected chi connectivity index (χ1v) is 5.16. The van der Waals surface area contributed by atoms with E-state index in [1.54, 1.807) is 0 Å². The minimum Gasteiger partial charge on any atom is -0.480 e. The molecule has 0 fully saturated rings. The van der Waals surface area contributed by atoms with Crippen LogP contribution in [0.3, 0.4) is 0 Å². The predicted octanol–water partition coefficient (Wildman–Crippen LogP) is -1.94. The Hall–Kier alpha value is -1.72. The third kappa shape index (κ3) is 4.15. The summed E-state index contributed by atoms with van der Waals surface area (Å²) in [5.41, 5.74) is 5.10. The van der Waals surface area contributed by atoms with Crippen LogP contribution in [0.2, 0.25) is 0 Å². The fraction of sp³-hybridized carbons (Fsp3) is 0.667. The van der Waals surface area contributed by atoms with E-state index in [0.717, 1.165) is 6.92 Å². The lowest BCUT2D eigenvalue weighted by Gasteiger charge is -2.29. The summed E-state index contributed by atoms with van der Waals surface area (Å²) >= 11 is 0. The molecule has 0 aliphatic carbocycles. The van der Waals surface area contributed by atoms with Crippen LogP contribution in [-0.4, -0.2) is 69.0 Å². The van der Waals surface area contributed by atoms with Crippen molar-refractivity contribution in [2.75, 3.05) is 6.61 Å². The van der Waals surface area contributed by atoms with E-state index in [9.17, 15) is 27.6 Å². The number of carboxylic acid groups (broad SMARTS) is 1. The maximum atomic E-state index is 12.4. The summed E-state index contributed by atoms with van der Waals surface area (Å²) < 4.78 is 37.1. The van der Waals surface area contributed by atoms with Gasteiger partial charge in [-0.05, 0) is 6.92 Å². The molecule has 0 radical (unpaired) electrons. The molecule has 116 valence electrons. The number of amides is 2. The second-order valence-corrected chi connectivity index (χ2v) is 3.81. The van der Waals surface area contributed by atoms with Gasteiger partial charge in [-0.25, -0.2) is 4.79 Å². The Morgan fingerprint density at radius 2 is 1.75 bits per heavy atom. The van der Waals surface area contributed by atoms with Crippen molar-refractivity contribution in [3.8, 4) is 0 Å². The predicted molar refractivity (Wildman–Crippen MR) is 56.1 cm³/mol. The van der Waals surface area contributed by atoms with Gasteiger partial charge in [0, 0.05) is 0 Å². The van der Waals surface area contributed by atoms with Gasteiger partial charge < -0.3 is 21.1 Å². The number of hydrogen-bond donors (Lipinski definition) is 4. The molecular formula is C9H13F3N2O6. The van der Waals surface area contributed by atoms with Crippen LogP contribution >= 0.6 is 0 Å². The third-order valence-electron chi connectivity index (χ3n) is 2.27. The number of carboxylic acids is 1. The van der Waals surface area contributed by atoms with Crippen molar-refractivity contribution in [2.24, 2.45) is 5.73 Å². The number of aliphatic carboxylic acids is 1. The van der Waals surface area contributed by atoms with Crippen LogP contribution < -0.4 is 5.73 Å². The Kier molecular flexibility index (Phi) is 6.06. The number of nitrogens with two attached hydrogens (primary N) is 1. The van der Waals surface area contributed by atoms with Gasteiger partial charge in [0.25, 0.3) is 0 Å². The van der Waals surface area contributed by atoms with Gasteiger partial charge in [0.1, 0.15) is 6.04 Å². The minimum absolute atomic E-state index is 0.709. The smallest absolute Gasteiger partial charge is 0.471 e. The van der Waals surface area contributed by atoms with Crippen LogP contribution in [-0.2, 0) is 14.4 Å². The monoisotopic (exact) mass is 302 g/mol. The third-order valence-corrected chi connectivity index (χ3v) is 2.27. The number of rotatable bonds is 5. The standard InChI is InChI=1S/C9H13F3N2O6/c1-3(16)5(13)6(17)14(4(2-15)7(18)19)8(20)9(10,11)12/h3-5,15-16H,2,13H2,1H3,(H,18,19)/t3-,4+,5+/m1/s1. The van der Waals surface area contributed by atoms with E-state index >= 15 is 0 Å². The van der Waals surface area contributed by atoms with E-state index in [2.05, 4.69) is 0 Å². The number of nitrogens with zero attached hydrogens (tertiary/aromatic N) is 1. The van der Waals surface area contributed by atoms with Gasteiger partial charge >= 0.3 is 18.1 Å². The second-order valence-electron chi connectivity index (χ2n) is 3.81. The van der Waals surface area contributed by atoms with E-state index in [1.807, 2.05) is 0 Å². The van der Waals surface area contributed by atoms with Crippen LogP contribution in [0, 0.1) is 0 Å². The molecule has 0 saturated heterocycles. The number of imide groups is 1. The number of carbonyl (C=O) groups excluding carboxylic acids is 2. The highest BCUT2D eigenvalue weighted by Crippen LogP contribution is 2.21. The molecule has 5 N–H and O–H groups in total. The number of aliphatic hydroxyl groups is 2. The molecule has 0 bridgehead atoms. The van der Waals surface area contributed by atoms with Crippen molar-refractivity contribution < 1.29 is 42.9 Å². The molecule has 0 aromatic heterocycles. The Labute approximate surface area is 110 Å². The van der Waals surface area contributed by atoms with Crippen LogP contribution in [0.25, 0.3) is 0 Å². The first kappa shape index (κ1) is 18.3. The minimum atomic E-state index is -5.54. The van der Waals surface area contributed by atoms with Crippen molar-refractivity contribution in [1.29, 1.82) is 0 Å². The lowest BCUT2D eigenvalue weighted by molar-refractivity contribution is -0.193. The summed E-state index contributed by atoms with van der Waals surface area (Å²) in [6.07, 6.45) is -7.17. The van der Waals surface area contributed by atoms with Crippen molar-refractivity contribution in [3.63, 3.8) is 0 Å². The number of hydrogen-bond acceptors (Lipinski definition) is 6. The molecule has 0 rings (SSSR count). The van der Waals surface area contributed by atoms with E-state index in [0.29, 0.717) is 0 Å². The van der Waals surface area contributed by atoms with Gasteiger partial charge in [0.05, 0.1) is 12.7 Å². The van der Waals surface area contributed by atoms with E-state index in [1.165, 1.54) is 0 Å². The molecule has 0 aromatic carbocycles. The second kappa shape index (κ2) is 6.63. The van der Waals surface area contributed by atoms with Crippen molar-refractivity contribution in [2.45, 2.75) is 31.3 Å². The van der Waals surface area contributed by atoms with Crippen LogP contribution in [0.15, 0.2) is 0 Å². The van der Waals surface area contributed by atoms with Crippen LogP contribution in [0.1, 0.15) is 6.92 Å². The van der Waals surface area contributed by atoms with Crippen molar-refractivity contribution in [1.82, 2.24) is 4.90 Å². The number of halogens is 3. The molecule has 2 amide bonds. The molecule has 0 spiro atoms. The fourth-order valence-corrected chi connectivity index (χ4v) is 1.17. The van der Waals surface area contributed by atoms with Gasteiger partial charge in [0.15, 0.2) is 6.04 Å². The van der Waals surface area contributed by atoms with E-state index < -0.39 is 53.7 Å². The summed E-state index contributed by atoms with van der Waals surface area (Å²) in [5, 5.41) is 26.4. The van der Waals surface area contributed by atoms with E-state index in [-0.39, 0.29) is 0 Å². The zero-order chi connectivity index (χ0) is 16.2. The van der Waals surface area contributed by atoms with Crippen LogP contribution in [0.4, 0.5) is 13.2 Å². The zero-order valence-electron chi connectivity index (χ0n) is 10.2. The number of aliphatic hydroxyl groups excluding tert-OH is 2. The van der Waals surface area contributed by atoms with Gasteiger partial charge in [0.2, 0.25) is 5.91 Å². The highest BCUT2D eigenvalue weighted by atomic mass is 19.4. The Balaban J connectivity index is 5.65. The van der Waals surface area contributed by atoms with Crippen molar-refractivity contribution >= 4 is 17.8 Å². The Morgan fingerprint density at radius 3 is 2.00 bits per heavy atom. The van der Waals surface area contributed by atoms with Gasteiger partial charge in [-0.1, -0.05) is 0 Å². The van der Waals surface area contributed by atoms with Crippen molar-refractivity contribution in [3.05, 3.63) is 0 Å². The highest BCUT2D eigenvalue weighted by Gasteiger charge is 2.50. The molecule has 0 saturated carbocycles. The molecule has 0 aromatic rings. The topological polar surface area (TPSA) is 141 Å². The normalized spacial score (nSPS) is 16.1. The van der Waals surface area contributed by atoms with Gasteiger partial charge in [-0.15, -0.1) is 0 Å². The molecule has 0 unspecified atom stereocenters. The largest absolute Gasteiger partial charge is 0.480 e. The summed E-state index contributed by atoms with van der Waals surface area (Å²) in [5.74, 6) is -6.58. The lowest BCUT2D eigenvalue weighted by atomic mass is 10.1. The average Bonchev–Trinajstić information content (AvgIpc) is 2.31. The molecule has 3 atom stereocenters. The fourth-order valence-electron chi connectivity index (χ4n) is 1.17. The summed E-state index contributed by atoms with van der Waals surface area (Å²) in [6, 6.07) is -4.41. The maximum Gasteiger partial charge on any atom is 0.471 e. The SMILES string of the molecule is C[C@@H](O)[C@H](N)C(=O)N(C(=O)C(F)(F)F)[C@@H](CO)C(=O)O. The molecule has 8 nitrogen and oxygen atoms in total. The van der Waals surface area contributed by atoms with E-state index in [4.69, 9.17) is 21.1 Å². The summed E-state index contributed by atoms with van der Waals surface area (Å²) in [7, 11) is 0. The first-order chi connectivity index (χ1) is 8.95. The number of alkyl halides is 3. The molecule has 0 heterocycles. The molecule has 11 heteroatoms. The van der Waals surface area contributed by atoms with Gasteiger partial charge in [-0.3, -0.25) is 14.5 Å². The Morgan fingerprint density at radius 1 is 1.30 bits per heavy atom. The average molecular weight is 302 g/mol. The summed E-state index contributed by atoms with van der Waals surface area (Å²) in [4.78, 5) is 32.7. The molecule has 0 aliphatic rings. The molecule has 0 aliphatic heterocycles. The molecule has 20 heavy (non-hydrogen) atoms. The zero-order valence-corrected chi connectivity index (χ0v) is 10.2. The Bertz CT molecular complexity index is 398. The molecular weight excluding hydrogens is 289 g/mol. The number of carbonyl (C=O) groups is 3. The quantitative estimate of drug-likeness (QED) is 0.463. The first-order valence-electron chi connectivity index (χ1n) is 5.16. The summed E-state index contributed by atoms with van der Waals surface area (Å²) in [6.45, 7) is -0.469.